The van der Waals surface area contributed by atoms with E-state index in [9.17, 15) is 9.50 Å². The summed E-state index contributed by atoms with van der Waals surface area (Å²) in [6.45, 7) is 6.49. The minimum Gasteiger partial charge on any atom is -0.391 e. The van der Waals surface area contributed by atoms with Crippen LogP contribution in [0.15, 0.2) is 24.4 Å². The molecule has 2 saturated heterocycles. The molecule has 2 N–H and O–H groups in total. The normalized spacial score (nSPS) is 24.7. The van der Waals surface area contributed by atoms with E-state index in [0.29, 0.717) is 24.7 Å². The van der Waals surface area contributed by atoms with E-state index in [1.54, 1.807) is 0 Å². The van der Waals surface area contributed by atoms with Crippen LogP contribution in [0.2, 0.25) is 0 Å². The molecule has 5 rings (SSSR count). The van der Waals surface area contributed by atoms with Crippen LogP contribution in [0.25, 0.3) is 16.7 Å². The Morgan fingerprint density at radius 1 is 1.13 bits per heavy atom. The van der Waals surface area contributed by atoms with E-state index in [0.717, 1.165) is 53.8 Å². The smallest absolute Gasteiger partial charge is 0.159 e. The molecule has 4 heterocycles. The fourth-order valence-corrected chi connectivity index (χ4v) is 4.71. The van der Waals surface area contributed by atoms with Crippen molar-refractivity contribution in [3.63, 3.8) is 0 Å². The van der Waals surface area contributed by atoms with Gasteiger partial charge in [0.2, 0.25) is 0 Å². The second-order valence-electron chi connectivity index (χ2n) is 8.46. The van der Waals surface area contributed by atoms with Crippen LogP contribution >= 0.6 is 0 Å². The summed E-state index contributed by atoms with van der Waals surface area (Å²) in [4.78, 5) is 11.3. The van der Waals surface area contributed by atoms with Gasteiger partial charge in [-0.05, 0) is 56.5 Å². The van der Waals surface area contributed by atoms with Gasteiger partial charge in [0, 0.05) is 37.0 Å². The number of fused-ring (bicyclic) bond motifs is 1. The summed E-state index contributed by atoms with van der Waals surface area (Å²) < 4.78 is 16.5. The number of hydrogen-bond donors (Lipinski definition) is 2. The van der Waals surface area contributed by atoms with Gasteiger partial charge in [0.15, 0.2) is 5.82 Å². The average molecular weight is 410 g/mol. The van der Waals surface area contributed by atoms with E-state index in [2.05, 4.69) is 37.4 Å². The van der Waals surface area contributed by atoms with E-state index >= 15 is 0 Å². The van der Waals surface area contributed by atoms with Crippen LogP contribution in [-0.2, 0) is 0 Å². The van der Waals surface area contributed by atoms with Crippen molar-refractivity contribution >= 4 is 16.7 Å². The van der Waals surface area contributed by atoms with Crippen LogP contribution < -0.4 is 10.2 Å². The molecule has 0 aliphatic carbocycles. The number of nitrogens with zero attached hydrogens (tertiary/aromatic N) is 5. The average Bonchev–Trinajstić information content (AvgIpc) is 3.33. The highest BCUT2D eigenvalue weighted by molar-refractivity contribution is 5.82. The molecule has 3 atom stereocenters. The summed E-state index contributed by atoms with van der Waals surface area (Å²) in [7, 11) is 0. The van der Waals surface area contributed by atoms with Crippen molar-refractivity contribution in [2.24, 2.45) is 0 Å². The van der Waals surface area contributed by atoms with Crippen LogP contribution in [-0.4, -0.2) is 63.3 Å². The van der Waals surface area contributed by atoms with E-state index in [4.69, 9.17) is 0 Å². The zero-order chi connectivity index (χ0) is 20.8. The number of hydrogen-bond acceptors (Lipinski definition) is 6. The van der Waals surface area contributed by atoms with Crippen LogP contribution in [0.4, 0.5) is 10.2 Å². The number of alkyl halides is 1. The van der Waals surface area contributed by atoms with Crippen molar-refractivity contribution in [2.45, 2.75) is 44.9 Å². The summed E-state index contributed by atoms with van der Waals surface area (Å²) in [5.41, 5.74) is 3.07. The third-order valence-electron chi connectivity index (χ3n) is 6.28. The molecule has 158 valence electrons. The van der Waals surface area contributed by atoms with Gasteiger partial charge < -0.3 is 15.3 Å². The molecule has 2 fully saturated rings. The lowest BCUT2D eigenvalue weighted by Gasteiger charge is -2.28. The van der Waals surface area contributed by atoms with E-state index in [1.165, 1.54) is 0 Å². The molecule has 8 heteroatoms. The van der Waals surface area contributed by atoms with E-state index in [1.807, 2.05) is 30.8 Å². The highest BCUT2D eigenvalue weighted by Gasteiger charge is 2.28. The molecule has 0 radical (unpaired) electrons. The third kappa shape index (κ3) is 3.44. The quantitative estimate of drug-likeness (QED) is 0.691. The Kier molecular flexibility index (Phi) is 4.91. The highest BCUT2D eigenvalue weighted by atomic mass is 19.1. The van der Waals surface area contributed by atoms with Gasteiger partial charge in [-0.25, -0.2) is 19.0 Å². The Morgan fingerprint density at radius 3 is 2.73 bits per heavy atom. The monoisotopic (exact) mass is 410 g/mol. The standard InChI is InChI=1S/C22H27FN6O/c1-13-7-15-10-25-29(20(15)8-18(13)17-3-5-24-11-19(17)23)22-9-21(26-14(2)27-22)28-6-4-16(30)12-28/h7-10,16-17,19,24,30H,3-6,11-12H2,1-2H3/t16-,17+,19+/m0/s1. The van der Waals surface area contributed by atoms with Crippen LogP contribution in [0.1, 0.15) is 35.7 Å². The molecule has 2 aliphatic rings. The number of aliphatic hydroxyl groups is 1. The zero-order valence-corrected chi connectivity index (χ0v) is 17.3. The molecule has 30 heavy (non-hydrogen) atoms. The highest BCUT2D eigenvalue weighted by Crippen LogP contribution is 2.33. The van der Waals surface area contributed by atoms with Gasteiger partial charge in [-0.15, -0.1) is 0 Å². The van der Waals surface area contributed by atoms with Gasteiger partial charge in [0.05, 0.1) is 17.8 Å². The van der Waals surface area contributed by atoms with Gasteiger partial charge in [-0.2, -0.15) is 5.10 Å². The van der Waals surface area contributed by atoms with Crippen molar-refractivity contribution in [3.05, 3.63) is 41.3 Å². The molecule has 3 aromatic rings. The largest absolute Gasteiger partial charge is 0.391 e. The molecule has 2 aliphatic heterocycles. The number of β-amino-alcohol motifs (C(OH)–C–C–N with tert-alkyl or cyclic N) is 1. The van der Waals surface area contributed by atoms with Gasteiger partial charge in [0.1, 0.15) is 17.8 Å². The minimum atomic E-state index is -0.888. The Labute approximate surface area is 174 Å². The van der Waals surface area contributed by atoms with Crippen LogP contribution in [0.3, 0.4) is 0 Å². The summed E-state index contributed by atoms with van der Waals surface area (Å²) in [5, 5.41) is 18.6. The first kappa shape index (κ1) is 19.4. The molecule has 0 amide bonds. The van der Waals surface area contributed by atoms with Crippen molar-refractivity contribution in [1.29, 1.82) is 0 Å². The van der Waals surface area contributed by atoms with Gasteiger partial charge in [-0.1, -0.05) is 0 Å². The van der Waals surface area contributed by atoms with Crippen molar-refractivity contribution in [3.8, 4) is 5.82 Å². The number of anilines is 1. The zero-order valence-electron chi connectivity index (χ0n) is 17.3. The lowest BCUT2D eigenvalue weighted by atomic mass is 9.85. The van der Waals surface area contributed by atoms with E-state index < -0.39 is 6.17 Å². The molecule has 1 aromatic carbocycles. The number of rotatable bonds is 3. The molecule has 0 saturated carbocycles. The molecular weight excluding hydrogens is 383 g/mol. The second kappa shape index (κ2) is 7.59. The number of piperidine rings is 1. The second-order valence-corrected chi connectivity index (χ2v) is 8.46. The van der Waals surface area contributed by atoms with E-state index in [-0.39, 0.29) is 12.0 Å². The van der Waals surface area contributed by atoms with Crippen molar-refractivity contribution in [2.75, 3.05) is 31.1 Å². The Morgan fingerprint density at radius 2 is 1.97 bits per heavy atom. The maximum atomic E-state index is 14.6. The first-order valence-electron chi connectivity index (χ1n) is 10.6. The number of aromatic nitrogens is 4. The minimum absolute atomic E-state index is 0.104. The Bertz CT molecular complexity index is 1080. The fourth-order valence-electron chi connectivity index (χ4n) is 4.71. The predicted molar refractivity (Wildman–Crippen MR) is 114 cm³/mol. The first-order valence-corrected chi connectivity index (χ1v) is 10.6. The number of halogens is 1. The van der Waals surface area contributed by atoms with Crippen molar-refractivity contribution < 1.29 is 9.50 Å². The fraction of sp³-hybridized carbons (Fsp3) is 0.500. The maximum absolute atomic E-state index is 14.6. The summed E-state index contributed by atoms with van der Waals surface area (Å²) >= 11 is 0. The molecule has 0 unspecified atom stereocenters. The van der Waals surface area contributed by atoms with Gasteiger partial charge in [0.25, 0.3) is 0 Å². The topological polar surface area (TPSA) is 79.1 Å². The lowest BCUT2D eigenvalue weighted by Crippen LogP contribution is -2.36. The SMILES string of the molecule is Cc1nc(N2CC[C@H](O)C2)cc(-n2ncc3cc(C)c([C@H]4CCNC[C@H]4F)cc32)n1. The third-order valence-corrected chi connectivity index (χ3v) is 6.28. The Hall–Kier alpha value is -2.58. The number of nitrogens with one attached hydrogen (secondary N) is 1. The molecule has 0 spiro atoms. The van der Waals surface area contributed by atoms with Gasteiger partial charge >= 0.3 is 0 Å². The summed E-state index contributed by atoms with van der Waals surface area (Å²) in [6, 6.07) is 6.09. The Balaban J connectivity index is 1.58. The molecule has 2 aromatic heterocycles. The van der Waals surface area contributed by atoms with Gasteiger partial charge in [-0.3, -0.25) is 0 Å². The van der Waals surface area contributed by atoms with Crippen molar-refractivity contribution in [1.82, 2.24) is 25.1 Å². The summed E-state index contributed by atoms with van der Waals surface area (Å²) in [5.74, 6) is 2.04. The number of aryl methyl sites for hydroxylation is 2. The summed E-state index contributed by atoms with van der Waals surface area (Å²) in [6.07, 6.45) is 2.15. The lowest BCUT2D eigenvalue weighted by molar-refractivity contribution is 0.198. The van der Waals surface area contributed by atoms with Crippen LogP contribution in [0.5, 0.6) is 0 Å². The number of aliphatic hydroxyl groups excluding tert-OH is 1. The molecule has 0 bridgehead atoms. The first-order chi connectivity index (χ1) is 14.5. The molecule has 7 nitrogen and oxygen atoms in total. The molecular formula is C22H27FN6O. The number of benzene rings is 1. The predicted octanol–water partition coefficient (Wildman–Crippen LogP) is 2.42. The maximum Gasteiger partial charge on any atom is 0.159 e. The van der Waals surface area contributed by atoms with Crippen LogP contribution in [0, 0.1) is 13.8 Å².